The SMILES string of the molecule is Cc1cc(Nc2ccc(N(C)C)cc2)nc(NCCC2=CCCCC2)n1. The summed E-state index contributed by atoms with van der Waals surface area (Å²) >= 11 is 0. The van der Waals surface area contributed by atoms with Gasteiger partial charge in [0, 0.05) is 43.8 Å². The molecule has 1 aromatic carbocycles. The molecule has 5 heteroatoms. The van der Waals surface area contributed by atoms with E-state index in [-0.39, 0.29) is 0 Å². The molecule has 1 aliphatic carbocycles. The second-order valence-electron chi connectivity index (χ2n) is 7.07. The molecule has 1 aromatic heterocycles. The summed E-state index contributed by atoms with van der Waals surface area (Å²) in [5.41, 5.74) is 4.71. The molecule has 0 saturated carbocycles. The summed E-state index contributed by atoms with van der Waals surface area (Å²) in [4.78, 5) is 11.2. The molecule has 0 saturated heterocycles. The van der Waals surface area contributed by atoms with Crippen LogP contribution < -0.4 is 15.5 Å². The number of allylic oxidation sites excluding steroid dienone is 1. The topological polar surface area (TPSA) is 53.1 Å². The molecule has 26 heavy (non-hydrogen) atoms. The Balaban J connectivity index is 1.60. The van der Waals surface area contributed by atoms with E-state index in [1.807, 2.05) is 27.1 Å². The molecule has 0 radical (unpaired) electrons. The quantitative estimate of drug-likeness (QED) is 0.695. The summed E-state index contributed by atoms with van der Waals surface area (Å²) < 4.78 is 0. The Labute approximate surface area is 156 Å². The summed E-state index contributed by atoms with van der Waals surface area (Å²) in [7, 11) is 4.08. The molecule has 1 heterocycles. The van der Waals surface area contributed by atoms with Gasteiger partial charge in [-0.1, -0.05) is 11.6 Å². The maximum atomic E-state index is 4.61. The molecular weight excluding hydrogens is 322 g/mol. The van der Waals surface area contributed by atoms with Crippen LogP contribution in [0.3, 0.4) is 0 Å². The van der Waals surface area contributed by atoms with Crippen LogP contribution in [0.2, 0.25) is 0 Å². The van der Waals surface area contributed by atoms with Gasteiger partial charge in [0.15, 0.2) is 0 Å². The first-order valence-electron chi connectivity index (χ1n) is 9.42. The number of hydrogen-bond acceptors (Lipinski definition) is 5. The standard InChI is InChI=1S/C21H29N5/c1-16-15-20(24-18-9-11-19(12-10-18)26(2)3)25-21(23-16)22-14-13-17-7-5-4-6-8-17/h7,9-12,15H,4-6,8,13-14H2,1-3H3,(H2,22,23,24,25). The van der Waals surface area contributed by atoms with E-state index in [2.05, 4.69) is 55.8 Å². The Bertz CT molecular complexity index is 749. The average molecular weight is 351 g/mol. The van der Waals surface area contributed by atoms with Gasteiger partial charge in [-0.05, 0) is 63.3 Å². The number of rotatable bonds is 7. The van der Waals surface area contributed by atoms with Crippen LogP contribution in [0.5, 0.6) is 0 Å². The lowest BCUT2D eigenvalue weighted by atomic mass is 9.97. The second-order valence-corrected chi connectivity index (χ2v) is 7.07. The van der Waals surface area contributed by atoms with Crippen molar-refractivity contribution in [1.82, 2.24) is 9.97 Å². The van der Waals surface area contributed by atoms with Gasteiger partial charge < -0.3 is 15.5 Å². The maximum absolute atomic E-state index is 4.61. The Hall–Kier alpha value is -2.56. The fraction of sp³-hybridized carbons (Fsp3) is 0.429. The smallest absolute Gasteiger partial charge is 0.224 e. The van der Waals surface area contributed by atoms with Crippen molar-refractivity contribution >= 4 is 23.1 Å². The van der Waals surface area contributed by atoms with Crippen molar-refractivity contribution in [2.75, 3.05) is 36.2 Å². The zero-order valence-corrected chi connectivity index (χ0v) is 16.0. The van der Waals surface area contributed by atoms with Crippen LogP contribution in [0.25, 0.3) is 0 Å². The van der Waals surface area contributed by atoms with Crippen LogP contribution in [0.4, 0.5) is 23.1 Å². The van der Waals surface area contributed by atoms with E-state index in [0.717, 1.165) is 30.2 Å². The van der Waals surface area contributed by atoms with Gasteiger partial charge >= 0.3 is 0 Å². The number of anilines is 4. The molecule has 0 fully saturated rings. The highest BCUT2D eigenvalue weighted by Crippen LogP contribution is 2.21. The lowest BCUT2D eigenvalue weighted by Gasteiger charge is -2.14. The number of nitrogens with zero attached hydrogens (tertiary/aromatic N) is 3. The second kappa shape index (κ2) is 8.70. The highest BCUT2D eigenvalue weighted by atomic mass is 15.1. The molecule has 0 amide bonds. The van der Waals surface area contributed by atoms with Gasteiger partial charge in [-0.25, -0.2) is 4.98 Å². The Morgan fingerprint density at radius 1 is 1.08 bits per heavy atom. The van der Waals surface area contributed by atoms with Crippen molar-refractivity contribution < 1.29 is 0 Å². The lowest BCUT2D eigenvalue weighted by Crippen LogP contribution is -2.09. The van der Waals surface area contributed by atoms with Crippen molar-refractivity contribution in [2.24, 2.45) is 0 Å². The van der Waals surface area contributed by atoms with E-state index in [9.17, 15) is 0 Å². The van der Waals surface area contributed by atoms with Crippen molar-refractivity contribution in [3.05, 3.63) is 47.7 Å². The van der Waals surface area contributed by atoms with Crippen LogP contribution in [0.15, 0.2) is 42.0 Å². The number of aryl methyl sites for hydroxylation is 1. The summed E-state index contributed by atoms with van der Waals surface area (Å²) in [6.07, 6.45) is 8.61. The predicted octanol–water partition coefficient (Wildman–Crippen LogP) is 4.90. The van der Waals surface area contributed by atoms with E-state index >= 15 is 0 Å². The van der Waals surface area contributed by atoms with Gasteiger partial charge in [-0.3, -0.25) is 0 Å². The van der Waals surface area contributed by atoms with E-state index in [0.29, 0.717) is 5.95 Å². The van der Waals surface area contributed by atoms with Crippen LogP contribution in [-0.2, 0) is 0 Å². The van der Waals surface area contributed by atoms with E-state index in [1.165, 1.54) is 31.4 Å². The van der Waals surface area contributed by atoms with Crippen LogP contribution in [0.1, 0.15) is 37.8 Å². The van der Waals surface area contributed by atoms with Crippen LogP contribution in [-0.4, -0.2) is 30.6 Å². The van der Waals surface area contributed by atoms with Crippen LogP contribution in [0, 0.1) is 6.92 Å². The highest BCUT2D eigenvalue weighted by molar-refractivity contribution is 5.61. The summed E-state index contributed by atoms with van der Waals surface area (Å²) in [6.45, 7) is 2.88. The minimum absolute atomic E-state index is 0.689. The maximum Gasteiger partial charge on any atom is 0.224 e. The summed E-state index contributed by atoms with van der Waals surface area (Å²) in [6, 6.07) is 10.3. The monoisotopic (exact) mass is 351 g/mol. The summed E-state index contributed by atoms with van der Waals surface area (Å²) in [5.74, 6) is 1.50. The van der Waals surface area contributed by atoms with Crippen molar-refractivity contribution in [1.29, 1.82) is 0 Å². The largest absolute Gasteiger partial charge is 0.378 e. The molecule has 1 aliphatic rings. The molecule has 0 spiro atoms. The lowest BCUT2D eigenvalue weighted by molar-refractivity contribution is 0.679. The van der Waals surface area contributed by atoms with E-state index < -0.39 is 0 Å². The number of nitrogens with one attached hydrogen (secondary N) is 2. The molecule has 5 nitrogen and oxygen atoms in total. The van der Waals surface area contributed by atoms with Gasteiger partial charge in [0.05, 0.1) is 0 Å². The molecule has 2 aromatic rings. The van der Waals surface area contributed by atoms with Gasteiger partial charge in [-0.2, -0.15) is 4.98 Å². The van der Waals surface area contributed by atoms with Crippen molar-refractivity contribution in [3.63, 3.8) is 0 Å². The number of benzene rings is 1. The summed E-state index contributed by atoms with van der Waals surface area (Å²) in [5, 5.41) is 6.74. The van der Waals surface area contributed by atoms with E-state index in [4.69, 9.17) is 0 Å². The molecule has 0 unspecified atom stereocenters. The van der Waals surface area contributed by atoms with Gasteiger partial charge in [0.25, 0.3) is 0 Å². The first-order valence-corrected chi connectivity index (χ1v) is 9.42. The van der Waals surface area contributed by atoms with Gasteiger partial charge in [0.2, 0.25) is 5.95 Å². The minimum Gasteiger partial charge on any atom is -0.378 e. The highest BCUT2D eigenvalue weighted by Gasteiger charge is 2.06. The number of aromatic nitrogens is 2. The first kappa shape index (κ1) is 18.2. The zero-order valence-electron chi connectivity index (χ0n) is 16.0. The van der Waals surface area contributed by atoms with Crippen LogP contribution >= 0.6 is 0 Å². The van der Waals surface area contributed by atoms with Gasteiger partial charge in [-0.15, -0.1) is 0 Å². The fourth-order valence-corrected chi connectivity index (χ4v) is 3.17. The Morgan fingerprint density at radius 2 is 1.88 bits per heavy atom. The van der Waals surface area contributed by atoms with Crippen molar-refractivity contribution in [2.45, 2.75) is 39.0 Å². The molecule has 0 bridgehead atoms. The Kier molecular flexibility index (Phi) is 6.10. The first-order chi connectivity index (χ1) is 12.6. The minimum atomic E-state index is 0.689. The zero-order chi connectivity index (χ0) is 18.4. The predicted molar refractivity (Wildman–Crippen MR) is 110 cm³/mol. The number of hydrogen-bond donors (Lipinski definition) is 2. The third-order valence-corrected chi connectivity index (χ3v) is 4.62. The molecular formula is C21H29N5. The third kappa shape index (κ3) is 5.22. The molecule has 0 aliphatic heterocycles. The van der Waals surface area contributed by atoms with Crippen molar-refractivity contribution in [3.8, 4) is 0 Å². The molecule has 2 N–H and O–H groups in total. The third-order valence-electron chi connectivity index (χ3n) is 4.62. The van der Waals surface area contributed by atoms with Gasteiger partial charge in [0.1, 0.15) is 5.82 Å². The average Bonchev–Trinajstić information content (AvgIpc) is 2.62. The molecule has 138 valence electrons. The fourth-order valence-electron chi connectivity index (χ4n) is 3.17. The molecule has 3 rings (SSSR count). The normalized spacial score (nSPS) is 13.9. The van der Waals surface area contributed by atoms with E-state index in [1.54, 1.807) is 5.57 Å². The molecule has 0 atom stereocenters. The Morgan fingerprint density at radius 3 is 2.58 bits per heavy atom.